The smallest absolute Gasteiger partial charge is 0.264 e. The number of fused-ring (bicyclic) bond motifs is 1. The Balaban J connectivity index is 1.82. The minimum atomic E-state index is -0.374. The van der Waals surface area contributed by atoms with Gasteiger partial charge in [0.05, 0.1) is 22.7 Å². The van der Waals surface area contributed by atoms with Crippen molar-refractivity contribution in [1.29, 1.82) is 0 Å². The molecule has 2 aliphatic rings. The predicted octanol–water partition coefficient (Wildman–Crippen LogP) is 3.23. The first-order chi connectivity index (χ1) is 12.1. The van der Waals surface area contributed by atoms with Crippen LogP contribution >= 0.6 is 24.0 Å². The van der Waals surface area contributed by atoms with Crippen LogP contribution in [0, 0.1) is 5.82 Å². The van der Waals surface area contributed by atoms with E-state index < -0.39 is 0 Å². The van der Waals surface area contributed by atoms with E-state index in [1.807, 2.05) is 0 Å². The summed E-state index contributed by atoms with van der Waals surface area (Å²) in [5.41, 5.74) is 2.04. The molecule has 0 radical (unpaired) electrons. The molecular formula is C18H11FN2O2S2. The van der Waals surface area contributed by atoms with Gasteiger partial charge in [-0.15, -0.1) is 0 Å². The van der Waals surface area contributed by atoms with Crippen LogP contribution in [0.25, 0.3) is 5.57 Å². The maximum absolute atomic E-state index is 14.0. The fourth-order valence-corrected chi connectivity index (χ4v) is 4.05. The topological polar surface area (TPSA) is 49.4 Å². The van der Waals surface area contributed by atoms with Crippen molar-refractivity contribution in [2.45, 2.75) is 6.54 Å². The van der Waals surface area contributed by atoms with Crippen LogP contribution in [0.15, 0.2) is 53.4 Å². The summed E-state index contributed by atoms with van der Waals surface area (Å²) < 4.78 is 14.3. The molecule has 2 aromatic rings. The van der Waals surface area contributed by atoms with E-state index in [2.05, 4.69) is 5.32 Å². The zero-order chi connectivity index (χ0) is 17.6. The summed E-state index contributed by atoms with van der Waals surface area (Å²) in [6, 6.07) is 13.5. The number of benzene rings is 2. The van der Waals surface area contributed by atoms with E-state index >= 15 is 0 Å². The first kappa shape index (κ1) is 16.0. The summed E-state index contributed by atoms with van der Waals surface area (Å²) in [6.07, 6.45) is 0. The summed E-state index contributed by atoms with van der Waals surface area (Å²) in [5, 5.41) is 2.54. The second kappa shape index (κ2) is 6.09. The van der Waals surface area contributed by atoms with Crippen LogP contribution in [0.3, 0.4) is 0 Å². The van der Waals surface area contributed by atoms with E-state index in [4.69, 9.17) is 12.2 Å². The molecule has 2 aliphatic heterocycles. The summed E-state index contributed by atoms with van der Waals surface area (Å²) in [5.74, 6) is -1.07. The molecule has 0 bridgehead atoms. The number of hydrogen-bond donors (Lipinski definition) is 1. The van der Waals surface area contributed by atoms with Crippen LogP contribution in [-0.2, 0) is 16.1 Å². The van der Waals surface area contributed by atoms with Crippen molar-refractivity contribution >= 4 is 51.4 Å². The molecule has 0 aromatic heterocycles. The number of anilines is 1. The average molecular weight is 370 g/mol. The lowest BCUT2D eigenvalue weighted by atomic mass is 10.1. The van der Waals surface area contributed by atoms with Crippen LogP contribution in [0.2, 0.25) is 0 Å². The summed E-state index contributed by atoms with van der Waals surface area (Å²) in [6.45, 7) is 0.0933. The van der Waals surface area contributed by atoms with Crippen molar-refractivity contribution in [3.8, 4) is 0 Å². The highest BCUT2D eigenvalue weighted by Crippen LogP contribution is 2.43. The van der Waals surface area contributed by atoms with Crippen molar-refractivity contribution in [1.82, 2.24) is 5.32 Å². The lowest BCUT2D eigenvalue weighted by Gasteiger charge is -2.17. The highest BCUT2D eigenvalue weighted by Gasteiger charge is 2.39. The lowest BCUT2D eigenvalue weighted by molar-refractivity contribution is -0.116. The number of thiocarbonyl (C=S) groups is 1. The minimum absolute atomic E-state index is 0.0933. The van der Waals surface area contributed by atoms with Gasteiger partial charge in [-0.25, -0.2) is 4.39 Å². The van der Waals surface area contributed by atoms with Crippen molar-refractivity contribution in [3.63, 3.8) is 0 Å². The molecule has 0 unspecified atom stereocenters. The van der Waals surface area contributed by atoms with Crippen LogP contribution in [0.1, 0.15) is 11.1 Å². The highest BCUT2D eigenvalue weighted by molar-refractivity contribution is 8.27. The molecule has 0 aliphatic carbocycles. The Morgan fingerprint density at radius 2 is 1.80 bits per heavy atom. The molecule has 2 heterocycles. The van der Waals surface area contributed by atoms with Gasteiger partial charge < -0.3 is 10.2 Å². The summed E-state index contributed by atoms with van der Waals surface area (Å²) >= 11 is 6.10. The Labute approximate surface area is 152 Å². The maximum atomic E-state index is 14.0. The molecule has 1 saturated heterocycles. The van der Waals surface area contributed by atoms with Gasteiger partial charge in [0.2, 0.25) is 0 Å². The fraction of sp³-hybridized carbons (Fsp3) is 0.0556. The first-order valence-corrected chi connectivity index (χ1v) is 8.71. The van der Waals surface area contributed by atoms with E-state index in [-0.39, 0.29) is 24.2 Å². The van der Waals surface area contributed by atoms with Crippen molar-refractivity contribution in [3.05, 3.63) is 70.4 Å². The van der Waals surface area contributed by atoms with Gasteiger partial charge in [0.15, 0.2) is 0 Å². The van der Waals surface area contributed by atoms with Gasteiger partial charge in [-0.3, -0.25) is 9.59 Å². The fourth-order valence-electron chi connectivity index (χ4n) is 2.93. The number of amides is 2. The standard InChI is InChI=1S/C18H11FN2O2S2/c19-12-7-3-1-5-10(12)9-21-13-8-4-2-6-11(13)14(17(21)23)15-16(22)20-18(24)25-15/h1-8H,9H2,(H,20,22,24)/b15-14+. The molecule has 0 saturated carbocycles. The third-order valence-electron chi connectivity index (χ3n) is 4.05. The molecule has 4 nitrogen and oxygen atoms in total. The Morgan fingerprint density at radius 3 is 2.52 bits per heavy atom. The molecule has 4 rings (SSSR count). The van der Waals surface area contributed by atoms with Crippen molar-refractivity contribution in [2.24, 2.45) is 0 Å². The van der Waals surface area contributed by atoms with Crippen molar-refractivity contribution in [2.75, 3.05) is 4.90 Å². The monoisotopic (exact) mass is 370 g/mol. The Hall–Kier alpha value is -2.51. The second-order valence-corrected chi connectivity index (χ2v) is 7.23. The zero-order valence-corrected chi connectivity index (χ0v) is 14.4. The number of thioether (sulfide) groups is 1. The SMILES string of the molecule is O=C1NC(=S)S/C1=C1/C(=O)N(Cc2ccccc2F)c2ccccc21. The van der Waals surface area contributed by atoms with E-state index in [1.165, 1.54) is 11.0 Å². The van der Waals surface area contributed by atoms with E-state index in [0.717, 1.165) is 11.8 Å². The summed E-state index contributed by atoms with van der Waals surface area (Å²) in [7, 11) is 0. The van der Waals surface area contributed by atoms with E-state index in [0.29, 0.717) is 31.6 Å². The molecule has 2 amide bonds. The normalized spacial score (nSPS) is 19.4. The molecule has 25 heavy (non-hydrogen) atoms. The molecule has 2 aromatic carbocycles. The number of para-hydroxylation sites is 1. The van der Waals surface area contributed by atoms with Gasteiger partial charge in [-0.2, -0.15) is 0 Å². The van der Waals surface area contributed by atoms with Crippen molar-refractivity contribution < 1.29 is 14.0 Å². The predicted molar refractivity (Wildman–Crippen MR) is 99.3 cm³/mol. The maximum Gasteiger partial charge on any atom is 0.264 e. The number of carbonyl (C=O) groups excluding carboxylic acids is 2. The minimum Gasteiger partial charge on any atom is -0.307 e. The Morgan fingerprint density at radius 1 is 1.08 bits per heavy atom. The molecule has 1 N–H and O–H groups in total. The molecule has 7 heteroatoms. The zero-order valence-electron chi connectivity index (χ0n) is 12.8. The average Bonchev–Trinajstić information content (AvgIpc) is 3.06. The Bertz CT molecular complexity index is 971. The highest BCUT2D eigenvalue weighted by atomic mass is 32.2. The molecule has 0 spiro atoms. The van der Waals surface area contributed by atoms with Gasteiger partial charge in [0.1, 0.15) is 10.1 Å². The number of nitrogens with zero attached hydrogens (tertiary/aromatic N) is 1. The molecule has 0 atom stereocenters. The van der Waals surface area contributed by atoms with Crippen LogP contribution in [0.5, 0.6) is 0 Å². The largest absolute Gasteiger partial charge is 0.307 e. The van der Waals surface area contributed by atoms with Gasteiger partial charge in [-0.05, 0) is 12.1 Å². The van der Waals surface area contributed by atoms with Crippen LogP contribution < -0.4 is 10.2 Å². The van der Waals surface area contributed by atoms with E-state index in [1.54, 1.807) is 42.5 Å². The van der Waals surface area contributed by atoms with Crippen LogP contribution in [0.4, 0.5) is 10.1 Å². The number of halogens is 1. The second-order valence-electron chi connectivity index (χ2n) is 5.55. The molecule has 124 valence electrons. The lowest BCUT2D eigenvalue weighted by Crippen LogP contribution is -2.27. The number of nitrogens with one attached hydrogen (secondary N) is 1. The first-order valence-electron chi connectivity index (χ1n) is 7.48. The summed E-state index contributed by atoms with van der Waals surface area (Å²) in [4.78, 5) is 26.9. The van der Waals surface area contributed by atoms with Gasteiger partial charge in [0.25, 0.3) is 11.8 Å². The number of rotatable bonds is 2. The number of hydrogen-bond acceptors (Lipinski definition) is 4. The van der Waals surface area contributed by atoms with E-state index in [9.17, 15) is 14.0 Å². The third-order valence-corrected chi connectivity index (χ3v) is 5.29. The third kappa shape index (κ3) is 2.65. The van der Waals surface area contributed by atoms with Crippen LogP contribution in [-0.4, -0.2) is 16.1 Å². The van der Waals surface area contributed by atoms with Gasteiger partial charge >= 0.3 is 0 Å². The molecular weight excluding hydrogens is 359 g/mol. The molecule has 1 fully saturated rings. The van der Waals surface area contributed by atoms with Gasteiger partial charge in [0, 0.05) is 11.1 Å². The Kier molecular flexibility index (Phi) is 3.89. The van der Waals surface area contributed by atoms with Gasteiger partial charge in [-0.1, -0.05) is 60.4 Å². The number of carbonyl (C=O) groups is 2. The quantitative estimate of drug-likeness (QED) is 0.651.